The Labute approximate surface area is 116 Å². The van der Waals surface area contributed by atoms with Crippen LogP contribution in [0.5, 0.6) is 0 Å². The second-order valence-corrected chi connectivity index (χ2v) is 5.36. The Morgan fingerprint density at radius 1 is 1.47 bits per heavy atom. The highest BCUT2D eigenvalue weighted by Gasteiger charge is 2.36. The Hall–Kier alpha value is -0.650. The highest BCUT2D eigenvalue weighted by Crippen LogP contribution is 2.19. The van der Waals surface area contributed by atoms with Crippen LogP contribution in [-0.4, -0.2) is 62.4 Å². The zero-order chi connectivity index (χ0) is 14.3. The molecular formula is C14H28N2O3. The summed E-state index contributed by atoms with van der Waals surface area (Å²) in [6.07, 6.45) is 1.79. The zero-order valence-electron chi connectivity index (χ0n) is 12.7. The summed E-state index contributed by atoms with van der Waals surface area (Å²) in [7, 11) is 1.81. The predicted molar refractivity (Wildman–Crippen MR) is 75.2 cm³/mol. The van der Waals surface area contributed by atoms with E-state index in [1.807, 2.05) is 20.9 Å². The molecule has 2 atom stereocenters. The molecule has 2 unspecified atom stereocenters. The molecule has 0 radical (unpaired) electrons. The molecule has 0 amide bonds. The number of esters is 1. The van der Waals surface area contributed by atoms with Gasteiger partial charge < -0.3 is 14.8 Å². The normalized spacial score (nSPS) is 22.3. The average molecular weight is 272 g/mol. The van der Waals surface area contributed by atoms with Crippen molar-refractivity contribution in [1.29, 1.82) is 0 Å². The molecule has 1 aliphatic rings. The molecule has 1 rings (SSSR count). The van der Waals surface area contributed by atoms with Crippen molar-refractivity contribution in [1.82, 2.24) is 10.2 Å². The first-order valence-corrected chi connectivity index (χ1v) is 7.21. The topological polar surface area (TPSA) is 50.8 Å². The predicted octanol–water partition coefficient (Wildman–Crippen LogP) is 1.03. The van der Waals surface area contributed by atoms with E-state index in [1.165, 1.54) is 0 Å². The van der Waals surface area contributed by atoms with Gasteiger partial charge in [-0.3, -0.25) is 9.69 Å². The number of carbonyl (C=O) groups excluding carboxylic acids is 1. The van der Waals surface area contributed by atoms with Crippen molar-refractivity contribution < 1.29 is 14.3 Å². The van der Waals surface area contributed by atoms with Gasteiger partial charge in [-0.05, 0) is 40.7 Å². The van der Waals surface area contributed by atoms with Crippen LogP contribution in [0.25, 0.3) is 0 Å². The second kappa shape index (κ2) is 7.82. The number of likely N-dealkylation sites (N-methyl/N-ethyl adjacent to an activating group) is 1. The zero-order valence-corrected chi connectivity index (χ0v) is 12.7. The van der Waals surface area contributed by atoms with E-state index in [4.69, 9.17) is 9.47 Å². The molecule has 5 nitrogen and oxygen atoms in total. The third-order valence-corrected chi connectivity index (χ3v) is 3.86. The number of nitrogens with one attached hydrogen (secondary N) is 1. The van der Waals surface area contributed by atoms with E-state index >= 15 is 0 Å². The van der Waals surface area contributed by atoms with Crippen LogP contribution in [0.3, 0.4) is 0 Å². The summed E-state index contributed by atoms with van der Waals surface area (Å²) in [5, 5.41) is 3.12. The Morgan fingerprint density at radius 2 is 2.21 bits per heavy atom. The van der Waals surface area contributed by atoms with Gasteiger partial charge in [0.25, 0.3) is 0 Å². The van der Waals surface area contributed by atoms with Gasteiger partial charge in [0.15, 0.2) is 0 Å². The molecular weight excluding hydrogens is 244 g/mol. The molecule has 0 saturated carbocycles. The summed E-state index contributed by atoms with van der Waals surface area (Å²) in [6, 6.07) is 0.323. The van der Waals surface area contributed by atoms with E-state index in [0.717, 1.165) is 39.1 Å². The minimum Gasteiger partial charge on any atom is -0.465 e. The summed E-state index contributed by atoms with van der Waals surface area (Å²) in [5.74, 6) is -0.171. The number of carbonyl (C=O) groups is 1. The first kappa shape index (κ1) is 16.4. The van der Waals surface area contributed by atoms with E-state index in [0.29, 0.717) is 12.6 Å². The van der Waals surface area contributed by atoms with Gasteiger partial charge in [-0.25, -0.2) is 0 Å². The maximum absolute atomic E-state index is 12.1. The number of hydrogen-bond acceptors (Lipinski definition) is 5. The van der Waals surface area contributed by atoms with Crippen molar-refractivity contribution in [2.24, 2.45) is 0 Å². The fourth-order valence-electron chi connectivity index (χ4n) is 2.50. The molecule has 0 spiro atoms. The summed E-state index contributed by atoms with van der Waals surface area (Å²) in [4.78, 5) is 14.4. The van der Waals surface area contributed by atoms with Gasteiger partial charge in [-0.1, -0.05) is 0 Å². The molecule has 1 heterocycles. The number of hydrogen-bond donors (Lipinski definition) is 1. The molecule has 1 saturated heterocycles. The molecule has 0 aromatic heterocycles. The Bertz CT molecular complexity index is 278. The minimum atomic E-state index is -0.622. The van der Waals surface area contributed by atoms with Crippen LogP contribution in [0, 0.1) is 0 Å². The van der Waals surface area contributed by atoms with Gasteiger partial charge in [-0.15, -0.1) is 0 Å². The lowest BCUT2D eigenvalue weighted by Gasteiger charge is -2.34. The van der Waals surface area contributed by atoms with Crippen LogP contribution in [0.2, 0.25) is 0 Å². The van der Waals surface area contributed by atoms with Gasteiger partial charge in [0.2, 0.25) is 0 Å². The molecule has 0 aromatic carbocycles. The first-order valence-electron chi connectivity index (χ1n) is 7.21. The van der Waals surface area contributed by atoms with Gasteiger partial charge in [0.1, 0.15) is 5.54 Å². The van der Waals surface area contributed by atoms with E-state index in [1.54, 1.807) is 0 Å². The van der Waals surface area contributed by atoms with Crippen molar-refractivity contribution in [2.45, 2.75) is 45.2 Å². The minimum absolute atomic E-state index is 0.171. The molecule has 5 heteroatoms. The quantitative estimate of drug-likeness (QED) is 0.732. The van der Waals surface area contributed by atoms with Crippen LogP contribution in [-0.2, 0) is 14.3 Å². The van der Waals surface area contributed by atoms with Gasteiger partial charge in [-0.2, -0.15) is 0 Å². The fraction of sp³-hybridized carbons (Fsp3) is 0.929. The van der Waals surface area contributed by atoms with Crippen molar-refractivity contribution in [3.63, 3.8) is 0 Å². The molecule has 1 fully saturated rings. The van der Waals surface area contributed by atoms with Crippen molar-refractivity contribution in [3.8, 4) is 0 Å². The second-order valence-electron chi connectivity index (χ2n) is 5.36. The smallest absolute Gasteiger partial charge is 0.326 e. The van der Waals surface area contributed by atoms with Crippen LogP contribution in [0.1, 0.15) is 33.6 Å². The van der Waals surface area contributed by atoms with Gasteiger partial charge in [0, 0.05) is 25.7 Å². The number of nitrogens with zero attached hydrogens (tertiary/aromatic N) is 1. The van der Waals surface area contributed by atoms with Gasteiger partial charge in [0.05, 0.1) is 13.2 Å². The molecule has 112 valence electrons. The standard InChI is InChI=1S/C14H28N2O3/c1-5-19-13(17)14(3,15-4)11-12(2)16-7-6-9-18-10-8-16/h12,15H,5-11H2,1-4H3. The highest BCUT2D eigenvalue weighted by molar-refractivity contribution is 5.80. The maximum atomic E-state index is 12.1. The van der Waals surface area contributed by atoms with Crippen LogP contribution >= 0.6 is 0 Å². The Morgan fingerprint density at radius 3 is 2.84 bits per heavy atom. The van der Waals surface area contributed by atoms with E-state index in [2.05, 4.69) is 17.1 Å². The SMILES string of the molecule is CCOC(=O)C(C)(CC(C)N1CCCOCC1)NC. The lowest BCUT2D eigenvalue weighted by atomic mass is 9.93. The summed E-state index contributed by atoms with van der Waals surface area (Å²) < 4.78 is 10.6. The molecule has 1 aliphatic heterocycles. The van der Waals surface area contributed by atoms with Gasteiger partial charge >= 0.3 is 5.97 Å². The Kier molecular flexibility index (Phi) is 6.75. The molecule has 0 aromatic rings. The van der Waals surface area contributed by atoms with Crippen LogP contribution in [0.4, 0.5) is 0 Å². The van der Waals surface area contributed by atoms with Crippen molar-refractivity contribution in [2.75, 3.05) is 40.0 Å². The van der Waals surface area contributed by atoms with Crippen LogP contribution < -0.4 is 5.32 Å². The van der Waals surface area contributed by atoms with Crippen molar-refractivity contribution >= 4 is 5.97 Å². The highest BCUT2D eigenvalue weighted by atomic mass is 16.5. The van der Waals surface area contributed by atoms with E-state index in [-0.39, 0.29) is 5.97 Å². The number of ether oxygens (including phenoxy) is 2. The third-order valence-electron chi connectivity index (χ3n) is 3.86. The lowest BCUT2D eigenvalue weighted by Crippen LogP contribution is -2.53. The fourth-order valence-corrected chi connectivity index (χ4v) is 2.50. The molecule has 1 N–H and O–H groups in total. The van der Waals surface area contributed by atoms with Crippen molar-refractivity contribution in [3.05, 3.63) is 0 Å². The molecule has 0 bridgehead atoms. The summed E-state index contributed by atoms with van der Waals surface area (Å²) >= 11 is 0. The largest absolute Gasteiger partial charge is 0.465 e. The molecule has 19 heavy (non-hydrogen) atoms. The van der Waals surface area contributed by atoms with E-state index < -0.39 is 5.54 Å². The summed E-state index contributed by atoms with van der Waals surface area (Å²) in [5.41, 5.74) is -0.622. The lowest BCUT2D eigenvalue weighted by molar-refractivity contribution is -0.151. The first-order chi connectivity index (χ1) is 9.03. The maximum Gasteiger partial charge on any atom is 0.326 e. The number of rotatable bonds is 6. The summed E-state index contributed by atoms with van der Waals surface area (Å²) in [6.45, 7) is 9.92. The monoisotopic (exact) mass is 272 g/mol. The van der Waals surface area contributed by atoms with Crippen LogP contribution in [0.15, 0.2) is 0 Å². The third kappa shape index (κ3) is 4.75. The Balaban J connectivity index is 2.60. The average Bonchev–Trinajstić information content (AvgIpc) is 2.67. The molecule has 0 aliphatic carbocycles. The van der Waals surface area contributed by atoms with E-state index in [9.17, 15) is 4.79 Å².